The number of fused-ring (bicyclic) bond motifs is 3. The molecule has 42 heavy (non-hydrogen) atoms. The molecule has 6 heteroatoms. The van der Waals surface area contributed by atoms with Crippen LogP contribution in [0.3, 0.4) is 0 Å². The van der Waals surface area contributed by atoms with Crippen molar-refractivity contribution in [2.75, 3.05) is 36.0 Å². The van der Waals surface area contributed by atoms with E-state index >= 15 is 0 Å². The Bertz CT molecular complexity index is 1900. The highest BCUT2D eigenvalue weighted by molar-refractivity contribution is 5.93. The largest absolute Gasteiger partial charge is 0.422 e. The third kappa shape index (κ3) is 4.94. The molecule has 212 valence electrons. The number of rotatable bonds is 8. The van der Waals surface area contributed by atoms with Crippen molar-refractivity contribution in [1.82, 2.24) is 0 Å². The summed E-state index contributed by atoms with van der Waals surface area (Å²) in [4.78, 5) is 30.5. The minimum atomic E-state index is -0.368. The smallest absolute Gasteiger partial charge is 0.344 e. The lowest BCUT2D eigenvalue weighted by molar-refractivity contribution is 0.563. The molecule has 4 aromatic carbocycles. The summed E-state index contributed by atoms with van der Waals surface area (Å²) in [5.74, 6) is 0. The number of hydrogen-bond donors (Lipinski definition) is 0. The van der Waals surface area contributed by atoms with Crippen molar-refractivity contribution in [1.29, 1.82) is 0 Å². The maximum absolute atomic E-state index is 13.0. The van der Waals surface area contributed by atoms with Gasteiger partial charge < -0.3 is 18.6 Å². The lowest BCUT2D eigenvalue weighted by atomic mass is 9.98. The highest BCUT2D eigenvalue weighted by Crippen LogP contribution is 2.30. The van der Waals surface area contributed by atoms with Gasteiger partial charge >= 0.3 is 11.3 Å². The van der Waals surface area contributed by atoms with Crippen molar-refractivity contribution in [2.45, 2.75) is 27.7 Å². The van der Waals surface area contributed by atoms with Gasteiger partial charge in [-0.25, -0.2) is 9.59 Å². The summed E-state index contributed by atoms with van der Waals surface area (Å²) in [6.45, 7) is 12.0. The first kappa shape index (κ1) is 27.3. The van der Waals surface area contributed by atoms with Crippen LogP contribution in [-0.2, 0) is 0 Å². The fourth-order valence-corrected chi connectivity index (χ4v) is 5.75. The summed E-state index contributed by atoms with van der Waals surface area (Å²) in [7, 11) is 0. The van der Waals surface area contributed by atoms with Crippen LogP contribution in [0.2, 0.25) is 0 Å². The molecule has 2 heterocycles. The lowest BCUT2D eigenvalue weighted by Crippen LogP contribution is -2.21. The quantitative estimate of drug-likeness (QED) is 0.176. The molecule has 0 saturated heterocycles. The maximum Gasteiger partial charge on any atom is 0.344 e. The van der Waals surface area contributed by atoms with E-state index in [0.717, 1.165) is 70.2 Å². The Morgan fingerprint density at radius 2 is 0.857 bits per heavy atom. The van der Waals surface area contributed by atoms with E-state index in [-0.39, 0.29) is 11.3 Å². The molecule has 0 bridgehead atoms. The first-order valence-corrected chi connectivity index (χ1v) is 14.6. The van der Waals surface area contributed by atoms with Gasteiger partial charge in [0.2, 0.25) is 0 Å². The molecule has 0 aliphatic rings. The fourth-order valence-electron chi connectivity index (χ4n) is 5.75. The molecule has 0 amide bonds. The maximum atomic E-state index is 13.0. The highest BCUT2D eigenvalue weighted by atomic mass is 16.4. The Morgan fingerprint density at radius 1 is 0.476 bits per heavy atom. The number of anilines is 2. The van der Waals surface area contributed by atoms with Gasteiger partial charge in [0, 0.05) is 60.5 Å². The van der Waals surface area contributed by atoms with Gasteiger partial charge in [-0.2, -0.15) is 0 Å². The SMILES string of the molecule is CCN(CC)c1ccc2cc(-c3ccc4cc(-c5cc6ccc(N(CC)CC)cc6oc5=O)ccc4c3)c(=O)oc2c1. The molecular formula is C36H34N2O4. The molecule has 0 spiro atoms. The molecular weight excluding hydrogens is 524 g/mol. The van der Waals surface area contributed by atoms with Crippen LogP contribution in [0.4, 0.5) is 11.4 Å². The second-order valence-electron chi connectivity index (χ2n) is 10.5. The van der Waals surface area contributed by atoms with E-state index in [2.05, 4.69) is 49.6 Å². The molecule has 0 atom stereocenters. The number of benzene rings is 4. The Balaban J connectivity index is 1.35. The zero-order chi connectivity index (χ0) is 29.4. The van der Waals surface area contributed by atoms with Crippen LogP contribution in [0.5, 0.6) is 0 Å². The zero-order valence-electron chi connectivity index (χ0n) is 24.4. The second-order valence-corrected chi connectivity index (χ2v) is 10.5. The molecule has 0 aliphatic heterocycles. The van der Waals surface area contributed by atoms with E-state index < -0.39 is 0 Å². The highest BCUT2D eigenvalue weighted by Gasteiger charge is 2.13. The van der Waals surface area contributed by atoms with Crippen LogP contribution in [0.25, 0.3) is 55.0 Å². The summed E-state index contributed by atoms with van der Waals surface area (Å²) >= 11 is 0. The van der Waals surface area contributed by atoms with E-state index in [0.29, 0.717) is 22.3 Å². The van der Waals surface area contributed by atoms with Crippen molar-refractivity contribution >= 4 is 44.1 Å². The van der Waals surface area contributed by atoms with Gasteiger partial charge in [0.15, 0.2) is 0 Å². The van der Waals surface area contributed by atoms with E-state index in [1.54, 1.807) is 0 Å². The van der Waals surface area contributed by atoms with Crippen molar-refractivity contribution in [3.8, 4) is 22.3 Å². The van der Waals surface area contributed by atoms with Gasteiger partial charge in [0.1, 0.15) is 11.2 Å². The predicted molar refractivity (Wildman–Crippen MR) is 174 cm³/mol. The van der Waals surface area contributed by atoms with Gasteiger partial charge in [0.25, 0.3) is 0 Å². The summed E-state index contributed by atoms with van der Waals surface area (Å²) < 4.78 is 11.5. The summed E-state index contributed by atoms with van der Waals surface area (Å²) in [5.41, 5.74) is 5.10. The number of hydrogen-bond acceptors (Lipinski definition) is 6. The van der Waals surface area contributed by atoms with E-state index in [1.807, 2.05) is 72.8 Å². The number of nitrogens with zero attached hydrogens (tertiary/aromatic N) is 2. The molecule has 2 aromatic heterocycles. The monoisotopic (exact) mass is 558 g/mol. The molecule has 0 saturated carbocycles. The Morgan fingerprint density at radius 3 is 1.24 bits per heavy atom. The predicted octanol–water partition coefficient (Wildman–Crippen LogP) is 8.08. The minimum absolute atomic E-state index is 0.368. The lowest BCUT2D eigenvalue weighted by Gasteiger charge is -2.21. The first-order valence-electron chi connectivity index (χ1n) is 14.6. The van der Waals surface area contributed by atoms with Gasteiger partial charge in [-0.15, -0.1) is 0 Å². The van der Waals surface area contributed by atoms with Gasteiger partial charge in [-0.1, -0.05) is 24.3 Å². The van der Waals surface area contributed by atoms with Crippen LogP contribution >= 0.6 is 0 Å². The van der Waals surface area contributed by atoms with Crippen LogP contribution in [0.15, 0.2) is 103 Å². The average Bonchev–Trinajstić information content (AvgIpc) is 3.01. The zero-order valence-corrected chi connectivity index (χ0v) is 24.4. The molecule has 0 N–H and O–H groups in total. The first-order chi connectivity index (χ1) is 20.4. The van der Waals surface area contributed by atoms with E-state index in [1.165, 1.54) is 0 Å². The third-order valence-corrected chi connectivity index (χ3v) is 8.16. The standard InChI is InChI=1S/C36H34N2O4/c1-5-37(6-2)29-15-13-27-19-31(35(39)41-33(27)21-29)25-11-9-24-18-26(12-10-23(24)17-25)32-20-28-14-16-30(38(7-3)8-4)22-34(28)42-36(32)40/h9-22H,5-8H2,1-4H3. The van der Waals surface area contributed by atoms with Gasteiger partial charge in [-0.3, -0.25) is 0 Å². The van der Waals surface area contributed by atoms with Crippen molar-refractivity contribution in [3.05, 3.63) is 106 Å². The summed E-state index contributed by atoms with van der Waals surface area (Å²) in [6, 6.07) is 27.6. The van der Waals surface area contributed by atoms with Crippen molar-refractivity contribution in [2.24, 2.45) is 0 Å². The second kappa shape index (κ2) is 11.2. The van der Waals surface area contributed by atoms with E-state index in [4.69, 9.17) is 8.83 Å². The van der Waals surface area contributed by atoms with Crippen LogP contribution < -0.4 is 21.1 Å². The molecule has 6 rings (SSSR count). The Labute approximate surface area is 244 Å². The van der Waals surface area contributed by atoms with Gasteiger partial charge in [0.05, 0.1) is 11.1 Å². The van der Waals surface area contributed by atoms with Crippen molar-refractivity contribution in [3.63, 3.8) is 0 Å². The fraction of sp³-hybridized carbons (Fsp3) is 0.222. The summed E-state index contributed by atoms with van der Waals surface area (Å²) in [6.07, 6.45) is 0. The van der Waals surface area contributed by atoms with Crippen LogP contribution in [0.1, 0.15) is 27.7 Å². The molecule has 0 aliphatic carbocycles. The summed E-state index contributed by atoms with van der Waals surface area (Å²) in [5, 5.41) is 3.68. The normalized spacial score (nSPS) is 11.4. The van der Waals surface area contributed by atoms with Crippen molar-refractivity contribution < 1.29 is 8.83 Å². The average molecular weight is 559 g/mol. The molecule has 6 aromatic rings. The van der Waals surface area contributed by atoms with Gasteiger partial charge in [-0.05, 0) is 98.1 Å². The van der Waals surface area contributed by atoms with E-state index in [9.17, 15) is 9.59 Å². The molecule has 0 unspecified atom stereocenters. The Hall–Kier alpha value is -4.84. The topological polar surface area (TPSA) is 66.9 Å². The Kier molecular flexibility index (Phi) is 7.29. The molecule has 6 nitrogen and oxygen atoms in total. The van der Waals surface area contributed by atoms with Crippen LogP contribution in [0, 0.1) is 0 Å². The minimum Gasteiger partial charge on any atom is -0.422 e. The van der Waals surface area contributed by atoms with Crippen LogP contribution in [-0.4, -0.2) is 26.2 Å². The molecule has 0 radical (unpaired) electrons. The third-order valence-electron chi connectivity index (χ3n) is 8.16. The molecule has 0 fully saturated rings.